The molecule has 0 aliphatic rings. The van der Waals surface area contributed by atoms with E-state index in [1.807, 2.05) is 13.0 Å². The van der Waals surface area contributed by atoms with Crippen LogP contribution in [0.2, 0.25) is 0 Å². The summed E-state index contributed by atoms with van der Waals surface area (Å²) in [7, 11) is -3.88. The van der Waals surface area contributed by atoms with Gasteiger partial charge in [0.25, 0.3) is 11.5 Å². The van der Waals surface area contributed by atoms with Crippen LogP contribution in [0.15, 0.2) is 53.5 Å². The smallest absolute Gasteiger partial charge is 0.264 e. The predicted molar refractivity (Wildman–Crippen MR) is 141 cm³/mol. The molecule has 0 bridgehead atoms. The van der Waals surface area contributed by atoms with E-state index >= 15 is 0 Å². The number of rotatable bonds is 12. The van der Waals surface area contributed by atoms with Gasteiger partial charge in [-0.3, -0.25) is 14.8 Å². The summed E-state index contributed by atoms with van der Waals surface area (Å²) in [6.07, 6.45) is 4.79. The third-order valence-electron chi connectivity index (χ3n) is 6.76. The Morgan fingerprint density at radius 1 is 1.16 bits per heavy atom. The molecule has 0 saturated carbocycles. The fraction of sp³-hybridized carbons (Fsp3) is 0.407. The molecule has 0 aliphatic carbocycles. The van der Waals surface area contributed by atoms with Crippen LogP contribution in [0.4, 0.5) is 4.39 Å². The number of unbranched alkanes of at least 4 members (excludes halogenated alkanes) is 1. The van der Waals surface area contributed by atoms with Gasteiger partial charge < -0.3 is 9.30 Å². The van der Waals surface area contributed by atoms with Crippen molar-refractivity contribution in [1.82, 2.24) is 10.0 Å². The Balaban J connectivity index is 1.81. The summed E-state index contributed by atoms with van der Waals surface area (Å²) >= 11 is 0. The van der Waals surface area contributed by atoms with Gasteiger partial charge in [-0.15, -0.1) is 0 Å². The van der Waals surface area contributed by atoms with Crippen molar-refractivity contribution in [2.75, 3.05) is 19.5 Å². The van der Waals surface area contributed by atoms with Gasteiger partial charge >= 0.3 is 0 Å². The molecule has 1 heterocycles. The number of amides is 1. The second-order valence-electron chi connectivity index (χ2n) is 9.28. The zero-order valence-electron chi connectivity index (χ0n) is 21.3. The number of hydrogen-bond donors (Lipinski definition) is 2. The lowest BCUT2D eigenvalue weighted by atomic mass is 9.99. The van der Waals surface area contributed by atoms with Crippen molar-refractivity contribution in [1.29, 1.82) is 0 Å². The van der Waals surface area contributed by atoms with Crippen LogP contribution in [0.5, 0.6) is 0 Å². The number of ether oxygens (including phenoxy) is 1. The van der Waals surface area contributed by atoms with Crippen molar-refractivity contribution in [2.24, 2.45) is 0 Å². The number of nitrogens with one attached hydrogen (secondary N) is 1. The van der Waals surface area contributed by atoms with E-state index in [0.717, 1.165) is 31.1 Å². The van der Waals surface area contributed by atoms with E-state index in [0.29, 0.717) is 35.1 Å². The van der Waals surface area contributed by atoms with Crippen LogP contribution >= 0.6 is 0 Å². The van der Waals surface area contributed by atoms with Gasteiger partial charge in [-0.1, -0.05) is 18.2 Å². The third kappa shape index (κ3) is 6.44. The number of nitrogens with zero attached hydrogens (tertiary/aromatic N) is 1. The first-order valence-corrected chi connectivity index (χ1v) is 14.0. The topological polar surface area (TPSA) is 115 Å². The minimum atomic E-state index is -3.88. The molecule has 200 valence electrons. The molecule has 8 nitrogen and oxygen atoms in total. The van der Waals surface area contributed by atoms with Crippen molar-refractivity contribution in [3.05, 3.63) is 70.4 Å². The minimum absolute atomic E-state index is 0.0613. The highest BCUT2D eigenvalue weighted by Crippen LogP contribution is 2.27. The average Bonchev–Trinajstić information content (AvgIpc) is 2.86. The van der Waals surface area contributed by atoms with E-state index in [9.17, 15) is 22.4 Å². The number of hydrogen-bond acceptors (Lipinski definition) is 6. The average molecular weight is 533 g/mol. The van der Waals surface area contributed by atoms with Crippen LogP contribution in [-0.2, 0) is 32.3 Å². The Hall–Kier alpha value is -3.08. The van der Waals surface area contributed by atoms with Crippen molar-refractivity contribution < 1.29 is 27.5 Å². The maximum Gasteiger partial charge on any atom is 0.264 e. The van der Waals surface area contributed by atoms with Crippen molar-refractivity contribution in [3.63, 3.8) is 0 Å². The fourth-order valence-corrected chi connectivity index (χ4v) is 5.02. The van der Waals surface area contributed by atoms with Gasteiger partial charge in [0.1, 0.15) is 5.82 Å². The quantitative estimate of drug-likeness (QED) is 0.208. The SMILES string of the molecule is CCOCCCCc1ccc(-c2ccc3c(=O)n(CC[C@@](C)(C(=O)NO)S(C)(=O)=O)ccc3c2)c(F)c1. The molecule has 0 spiro atoms. The number of hydroxylamine groups is 1. The number of aromatic nitrogens is 1. The van der Waals surface area contributed by atoms with E-state index in [4.69, 9.17) is 9.94 Å². The molecule has 2 N–H and O–H groups in total. The van der Waals surface area contributed by atoms with Crippen molar-refractivity contribution in [3.8, 4) is 11.1 Å². The van der Waals surface area contributed by atoms with E-state index in [-0.39, 0.29) is 24.3 Å². The normalized spacial score (nSPS) is 13.4. The second kappa shape index (κ2) is 12.0. The van der Waals surface area contributed by atoms with Crippen LogP contribution in [-0.4, -0.2) is 48.3 Å². The maximum absolute atomic E-state index is 14.9. The number of sulfone groups is 1. The van der Waals surface area contributed by atoms with Crippen LogP contribution < -0.4 is 11.0 Å². The van der Waals surface area contributed by atoms with Gasteiger partial charge in [0, 0.05) is 43.2 Å². The Morgan fingerprint density at radius 3 is 2.57 bits per heavy atom. The number of halogens is 1. The van der Waals surface area contributed by atoms with Gasteiger partial charge in [0.15, 0.2) is 14.6 Å². The first-order valence-electron chi connectivity index (χ1n) is 12.2. The lowest BCUT2D eigenvalue weighted by Gasteiger charge is -2.25. The van der Waals surface area contributed by atoms with Gasteiger partial charge in [0.05, 0.1) is 0 Å². The lowest BCUT2D eigenvalue weighted by Crippen LogP contribution is -2.49. The standard InChI is InChI=1S/C27H33FN2O6S/c1-4-36-16-6-5-7-19-8-10-22(24(28)17-19)20-9-11-23-21(18-20)12-14-30(25(23)31)15-13-27(2,26(32)29-33)37(3,34)35/h8-12,14,17-18,33H,4-7,13,15-16H2,1-3H3,(H,29,32)/t27-/m0/s1. The summed E-state index contributed by atoms with van der Waals surface area (Å²) < 4.78 is 44.0. The van der Waals surface area contributed by atoms with E-state index < -0.39 is 20.5 Å². The maximum atomic E-state index is 14.9. The molecule has 37 heavy (non-hydrogen) atoms. The summed E-state index contributed by atoms with van der Waals surface area (Å²) in [4.78, 5) is 25.1. The molecule has 1 atom stereocenters. The summed E-state index contributed by atoms with van der Waals surface area (Å²) in [5, 5.41) is 9.97. The lowest BCUT2D eigenvalue weighted by molar-refractivity contribution is -0.131. The number of pyridine rings is 1. The van der Waals surface area contributed by atoms with Crippen molar-refractivity contribution >= 4 is 26.5 Å². The third-order valence-corrected chi connectivity index (χ3v) is 8.79. The summed E-state index contributed by atoms with van der Waals surface area (Å²) in [6.45, 7) is 4.48. The van der Waals surface area contributed by atoms with Gasteiger partial charge in [-0.25, -0.2) is 18.3 Å². The fourth-order valence-electron chi connectivity index (χ4n) is 4.18. The summed E-state index contributed by atoms with van der Waals surface area (Å²) in [5.74, 6) is -1.40. The van der Waals surface area contributed by atoms with E-state index in [1.165, 1.54) is 23.2 Å². The molecule has 2 aromatic carbocycles. The molecule has 0 aliphatic heterocycles. The first kappa shape index (κ1) is 28.5. The number of fused-ring (bicyclic) bond motifs is 1. The number of aryl methyl sites for hydroxylation is 2. The zero-order valence-corrected chi connectivity index (χ0v) is 22.1. The predicted octanol–water partition coefficient (Wildman–Crippen LogP) is 3.87. The monoisotopic (exact) mass is 532 g/mol. The van der Waals surface area contributed by atoms with Crippen LogP contribution in [0.25, 0.3) is 21.9 Å². The number of carbonyl (C=O) groups is 1. The highest BCUT2D eigenvalue weighted by molar-refractivity contribution is 7.92. The number of carbonyl (C=O) groups excluding carboxylic acids is 1. The summed E-state index contributed by atoms with van der Waals surface area (Å²) in [5.41, 5.74) is 3.01. The molecular weight excluding hydrogens is 499 g/mol. The van der Waals surface area contributed by atoms with Crippen LogP contribution in [0.1, 0.15) is 38.7 Å². The molecule has 10 heteroatoms. The Bertz CT molecular complexity index is 1440. The largest absolute Gasteiger partial charge is 0.382 e. The number of benzene rings is 2. The van der Waals surface area contributed by atoms with Crippen LogP contribution in [0.3, 0.4) is 0 Å². The summed E-state index contributed by atoms with van der Waals surface area (Å²) in [6, 6.07) is 11.9. The molecule has 0 fully saturated rings. The first-order chi connectivity index (χ1) is 17.5. The molecule has 0 radical (unpaired) electrons. The molecule has 1 amide bonds. The highest BCUT2D eigenvalue weighted by atomic mass is 32.2. The molecule has 0 saturated heterocycles. The minimum Gasteiger partial charge on any atom is -0.382 e. The molecule has 1 aromatic heterocycles. The Kier molecular flexibility index (Phi) is 9.22. The molecule has 0 unspecified atom stereocenters. The Labute approximate surface area is 216 Å². The van der Waals surface area contributed by atoms with Gasteiger partial charge in [0.2, 0.25) is 0 Å². The second-order valence-corrected chi connectivity index (χ2v) is 11.7. The van der Waals surface area contributed by atoms with Crippen molar-refractivity contribution in [2.45, 2.75) is 50.8 Å². The zero-order chi connectivity index (χ0) is 27.2. The Morgan fingerprint density at radius 2 is 1.92 bits per heavy atom. The molecule has 3 rings (SSSR count). The van der Waals surface area contributed by atoms with Gasteiger partial charge in [-0.05, 0) is 80.3 Å². The van der Waals surface area contributed by atoms with Crippen LogP contribution in [0, 0.1) is 5.82 Å². The molecular formula is C27H33FN2O6S. The van der Waals surface area contributed by atoms with E-state index in [2.05, 4.69) is 0 Å². The van der Waals surface area contributed by atoms with E-state index in [1.54, 1.807) is 36.4 Å². The highest BCUT2D eigenvalue weighted by Gasteiger charge is 2.43. The molecule has 3 aromatic rings. The van der Waals surface area contributed by atoms with Gasteiger partial charge in [-0.2, -0.15) is 0 Å².